The Bertz CT molecular complexity index is 1200. The van der Waals surface area contributed by atoms with E-state index in [0.29, 0.717) is 26.0 Å². The van der Waals surface area contributed by atoms with Gasteiger partial charge in [0.2, 0.25) is 5.91 Å². The maximum atomic E-state index is 14.5. The molecule has 8 heteroatoms. The third-order valence-corrected chi connectivity index (χ3v) is 7.94. The van der Waals surface area contributed by atoms with Gasteiger partial charge in [0, 0.05) is 31.3 Å². The standard InChI is InChI=1S/C28H31FN4O3/c1-30-17-11-12-18(22(29)15-17)27(34)32-24-10-6-4-8-21(24)28(35)33-14-13-20-25(16-36-2)31-23-9-5-3-7-19(23)26(20)33/h3,5,7,9,11-12,15,20-21,24-26,31H,4,6,8,10,13-14,16H2,2H3,(H,32,34)/t20-,21+,24-,25+,26+/m1/s1. The number of anilines is 1. The lowest BCUT2D eigenvalue weighted by molar-refractivity contribution is -0.139. The number of hydrogen-bond donors (Lipinski definition) is 2. The van der Waals surface area contributed by atoms with Gasteiger partial charge >= 0.3 is 0 Å². The second kappa shape index (κ2) is 10.3. The first-order valence-corrected chi connectivity index (χ1v) is 12.6. The van der Waals surface area contributed by atoms with Crippen molar-refractivity contribution in [3.63, 3.8) is 0 Å². The molecule has 2 N–H and O–H groups in total. The van der Waals surface area contributed by atoms with Crippen LogP contribution in [0.2, 0.25) is 0 Å². The molecule has 0 bridgehead atoms. The predicted octanol–water partition coefficient (Wildman–Crippen LogP) is 4.70. The molecule has 1 saturated carbocycles. The number of methoxy groups -OCH3 is 1. The van der Waals surface area contributed by atoms with Crippen LogP contribution in [-0.2, 0) is 9.53 Å². The van der Waals surface area contributed by atoms with Gasteiger partial charge in [0.15, 0.2) is 5.69 Å². The van der Waals surface area contributed by atoms with E-state index in [1.165, 1.54) is 12.1 Å². The van der Waals surface area contributed by atoms with Gasteiger partial charge in [-0.15, -0.1) is 0 Å². The Morgan fingerprint density at radius 1 is 1.19 bits per heavy atom. The Balaban J connectivity index is 1.37. The van der Waals surface area contributed by atoms with Crippen LogP contribution in [0, 0.1) is 24.2 Å². The van der Waals surface area contributed by atoms with Crippen LogP contribution in [0.1, 0.15) is 54.1 Å². The van der Waals surface area contributed by atoms with E-state index in [-0.39, 0.29) is 47.1 Å². The number of amides is 2. The Kier molecular flexibility index (Phi) is 6.92. The van der Waals surface area contributed by atoms with Crippen molar-refractivity contribution in [1.82, 2.24) is 10.2 Å². The third-order valence-electron chi connectivity index (χ3n) is 7.94. The van der Waals surface area contributed by atoms with E-state index in [1.54, 1.807) is 7.11 Å². The number of likely N-dealkylation sites (tertiary alicyclic amines) is 1. The SMILES string of the molecule is [C-]#[N+]c1ccc(C(=O)N[C@@H]2CCCC[C@@H]2C(=O)N2CC[C@@H]3[C@H](COC)Nc4ccccc4[C@@H]32)c(F)c1. The number of para-hydroxylation sites is 1. The fourth-order valence-corrected chi connectivity index (χ4v) is 6.24. The molecule has 0 aromatic heterocycles. The number of carbonyl (C=O) groups excluding carboxylic acids is 2. The fourth-order valence-electron chi connectivity index (χ4n) is 6.24. The number of ether oxygens (including phenoxy) is 1. The topological polar surface area (TPSA) is 75.0 Å². The number of fused-ring (bicyclic) bond motifs is 3. The molecule has 2 heterocycles. The monoisotopic (exact) mass is 490 g/mol. The van der Waals surface area contributed by atoms with E-state index in [1.807, 2.05) is 23.1 Å². The minimum absolute atomic E-state index is 0.0352. The normalized spacial score (nSPS) is 26.8. The molecular formula is C28H31FN4O3. The molecule has 2 aromatic rings. The van der Waals surface area contributed by atoms with Crippen LogP contribution in [0.15, 0.2) is 42.5 Å². The van der Waals surface area contributed by atoms with E-state index in [2.05, 4.69) is 21.5 Å². The Labute approximate surface area is 210 Å². The molecule has 188 valence electrons. The van der Waals surface area contributed by atoms with Crippen LogP contribution >= 0.6 is 0 Å². The van der Waals surface area contributed by atoms with E-state index in [4.69, 9.17) is 11.3 Å². The van der Waals surface area contributed by atoms with Gasteiger partial charge in [0.05, 0.1) is 36.7 Å². The van der Waals surface area contributed by atoms with Crippen LogP contribution in [0.4, 0.5) is 15.8 Å². The summed E-state index contributed by atoms with van der Waals surface area (Å²) in [7, 11) is 1.70. The smallest absolute Gasteiger partial charge is 0.254 e. The van der Waals surface area contributed by atoms with Crippen LogP contribution in [0.3, 0.4) is 0 Å². The Hall–Kier alpha value is -3.44. The van der Waals surface area contributed by atoms with Gasteiger partial charge in [-0.25, -0.2) is 9.24 Å². The van der Waals surface area contributed by atoms with Crippen molar-refractivity contribution >= 4 is 23.2 Å². The first-order chi connectivity index (χ1) is 17.5. The lowest BCUT2D eigenvalue weighted by Crippen LogP contribution is -2.50. The molecule has 1 saturated heterocycles. The minimum Gasteiger partial charge on any atom is -0.383 e. The van der Waals surface area contributed by atoms with Crippen LogP contribution < -0.4 is 10.6 Å². The van der Waals surface area contributed by atoms with E-state index in [9.17, 15) is 14.0 Å². The number of benzene rings is 2. The van der Waals surface area contributed by atoms with Gasteiger partial charge in [-0.2, -0.15) is 0 Å². The summed E-state index contributed by atoms with van der Waals surface area (Å²) in [6.45, 7) is 8.26. The second-order valence-electron chi connectivity index (χ2n) is 9.97. The van der Waals surface area contributed by atoms with Crippen molar-refractivity contribution in [3.05, 3.63) is 70.8 Å². The molecule has 2 fully saturated rings. The third kappa shape index (κ3) is 4.44. The molecule has 2 aromatic carbocycles. The van der Waals surface area contributed by atoms with Crippen LogP contribution in [-0.4, -0.2) is 49.1 Å². The summed E-state index contributed by atoms with van der Waals surface area (Å²) >= 11 is 0. The summed E-state index contributed by atoms with van der Waals surface area (Å²) in [6.07, 6.45) is 4.08. The average Bonchev–Trinajstić information content (AvgIpc) is 3.34. The van der Waals surface area contributed by atoms with Gasteiger partial charge in [-0.3, -0.25) is 9.59 Å². The van der Waals surface area contributed by atoms with Crippen molar-refractivity contribution in [3.8, 4) is 0 Å². The van der Waals surface area contributed by atoms with Crippen molar-refractivity contribution in [2.24, 2.45) is 11.8 Å². The molecule has 5 rings (SSSR count). The number of hydrogen-bond acceptors (Lipinski definition) is 4. The molecule has 36 heavy (non-hydrogen) atoms. The number of carbonyl (C=O) groups is 2. The summed E-state index contributed by atoms with van der Waals surface area (Å²) in [5.74, 6) is -1.31. The van der Waals surface area contributed by atoms with E-state index in [0.717, 1.165) is 36.6 Å². The first kappa shape index (κ1) is 24.3. The van der Waals surface area contributed by atoms with Gasteiger partial charge in [0.1, 0.15) is 5.82 Å². The van der Waals surface area contributed by atoms with Gasteiger partial charge < -0.3 is 20.3 Å². The molecular weight excluding hydrogens is 459 g/mol. The molecule has 3 aliphatic rings. The summed E-state index contributed by atoms with van der Waals surface area (Å²) in [4.78, 5) is 32.2. The molecule has 7 nitrogen and oxygen atoms in total. The largest absolute Gasteiger partial charge is 0.383 e. The highest BCUT2D eigenvalue weighted by atomic mass is 19.1. The lowest BCUT2D eigenvalue weighted by Gasteiger charge is -2.41. The van der Waals surface area contributed by atoms with Gasteiger partial charge in [-0.05, 0) is 37.0 Å². The van der Waals surface area contributed by atoms with Gasteiger partial charge in [0.25, 0.3) is 5.91 Å². The zero-order chi connectivity index (χ0) is 25.2. The molecule has 0 radical (unpaired) electrons. The summed E-state index contributed by atoms with van der Waals surface area (Å²) in [6, 6.07) is 11.7. The van der Waals surface area contributed by atoms with E-state index >= 15 is 0 Å². The minimum atomic E-state index is -0.724. The number of rotatable bonds is 5. The fraction of sp³-hybridized carbons (Fsp3) is 0.464. The molecule has 1 aliphatic carbocycles. The lowest BCUT2D eigenvalue weighted by atomic mass is 9.81. The number of halogens is 1. The molecule has 0 spiro atoms. The highest BCUT2D eigenvalue weighted by Gasteiger charge is 2.48. The maximum Gasteiger partial charge on any atom is 0.254 e. The van der Waals surface area contributed by atoms with Gasteiger partial charge in [-0.1, -0.05) is 43.2 Å². The molecule has 2 amide bonds. The zero-order valence-corrected chi connectivity index (χ0v) is 20.4. The molecule has 2 aliphatic heterocycles. The number of nitrogens with one attached hydrogen (secondary N) is 2. The van der Waals surface area contributed by atoms with Crippen LogP contribution in [0.5, 0.6) is 0 Å². The van der Waals surface area contributed by atoms with Crippen molar-refractivity contribution < 1.29 is 18.7 Å². The predicted molar refractivity (Wildman–Crippen MR) is 134 cm³/mol. The highest BCUT2D eigenvalue weighted by molar-refractivity contribution is 5.95. The summed E-state index contributed by atoms with van der Waals surface area (Å²) in [5.41, 5.74) is 2.20. The average molecular weight is 491 g/mol. The Morgan fingerprint density at radius 2 is 2.00 bits per heavy atom. The van der Waals surface area contributed by atoms with E-state index < -0.39 is 11.7 Å². The maximum absolute atomic E-state index is 14.5. The molecule has 5 atom stereocenters. The Morgan fingerprint density at radius 3 is 2.78 bits per heavy atom. The summed E-state index contributed by atoms with van der Waals surface area (Å²) in [5, 5.41) is 6.55. The van der Waals surface area contributed by atoms with Crippen molar-refractivity contribution in [2.75, 3.05) is 25.6 Å². The zero-order valence-electron chi connectivity index (χ0n) is 20.4. The van der Waals surface area contributed by atoms with Crippen molar-refractivity contribution in [1.29, 1.82) is 0 Å². The van der Waals surface area contributed by atoms with Crippen LogP contribution in [0.25, 0.3) is 4.85 Å². The second-order valence-corrected chi connectivity index (χ2v) is 9.97. The quantitative estimate of drug-likeness (QED) is 0.596. The number of nitrogens with zero attached hydrogens (tertiary/aromatic N) is 2. The highest BCUT2D eigenvalue weighted by Crippen LogP contribution is 2.47. The van der Waals surface area contributed by atoms with Crippen molar-refractivity contribution in [2.45, 2.75) is 50.2 Å². The summed E-state index contributed by atoms with van der Waals surface area (Å²) < 4.78 is 20.0. The first-order valence-electron chi connectivity index (χ1n) is 12.6. The molecule has 0 unspecified atom stereocenters.